The summed E-state index contributed by atoms with van der Waals surface area (Å²) in [5.41, 5.74) is 7.53. The van der Waals surface area contributed by atoms with Crippen molar-refractivity contribution in [1.82, 2.24) is 4.98 Å². The van der Waals surface area contributed by atoms with Crippen molar-refractivity contribution in [2.75, 3.05) is 0 Å². The number of aromatic amines is 1. The average Bonchev–Trinajstić information content (AvgIpc) is 3.13. The number of H-pyrrole nitrogens is 1. The topological polar surface area (TPSA) is 79.1 Å². The largest absolute Gasteiger partial charge is 0.480 e. The zero-order chi connectivity index (χ0) is 14.0. The number of aliphatic carboxylic acids is 1. The molecule has 0 radical (unpaired) electrons. The van der Waals surface area contributed by atoms with Gasteiger partial charge in [0.2, 0.25) is 0 Å². The van der Waals surface area contributed by atoms with E-state index in [1.807, 2.05) is 44.3 Å². The number of nitrogens with one attached hydrogen (secondary N) is 1. The molecular weight excluding hydrogens is 240 g/mol. The molecule has 4 nitrogen and oxygen atoms in total. The number of carboxylic acid groups (broad SMARTS) is 1. The summed E-state index contributed by atoms with van der Waals surface area (Å²) in [5, 5.41) is 10.2. The molecule has 1 fully saturated rings. The van der Waals surface area contributed by atoms with E-state index in [1.54, 1.807) is 0 Å². The van der Waals surface area contributed by atoms with Crippen LogP contribution in [-0.2, 0) is 10.2 Å². The van der Waals surface area contributed by atoms with E-state index < -0.39 is 12.0 Å². The first-order valence-corrected chi connectivity index (χ1v) is 6.70. The van der Waals surface area contributed by atoms with Crippen LogP contribution in [0.4, 0.5) is 0 Å². The van der Waals surface area contributed by atoms with Gasteiger partial charge in [-0.3, -0.25) is 4.79 Å². The Labute approximate surface area is 112 Å². The molecule has 102 valence electrons. The smallest absolute Gasteiger partial charge is 0.321 e. The summed E-state index contributed by atoms with van der Waals surface area (Å²) in [5.74, 6) is -0.923. The van der Waals surface area contributed by atoms with Crippen molar-refractivity contribution in [2.45, 2.75) is 38.1 Å². The van der Waals surface area contributed by atoms with Crippen LogP contribution in [0.2, 0.25) is 0 Å². The Balaban J connectivity index is 0.000000637. The number of benzene rings is 1. The number of carboxylic acids is 1. The summed E-state index contributed by atoms with van der Waals surface area (Å²) in [6.07, 6.45) is 3.60. The summed E-state index contributed by atoms with van der Waals surface area (Å²) in [6.45, 7) is 4.00. The van der Waals surface area contributed by atoms with Crippen molar-refractivity contribution >= 4 is 16.9 Å². The quantitative estimate of drug-likeness (QED) is 0.793. The van der Waals surface area contributed by atoms with Crippen molar-refractivity contribution in [3.63, 3.8) is 0 Å². The SMILES string of the molecule is CC.NC(C(=O)O)C1(c2c[nH]c3ccccc23)CC1. The second kappa shape index (κ2) is 5.05. The van der Waals surface area contributed by atoms with Gasteiger partial charge in [-0.15, -0.1) is 0 Å². The van der Waals surface area contributed by atoms with Crippen LogP contribution in [-0.4, -0.2) is 22.1 Å². The molecule has 2 aromatic rings. The molecule has 0 spiro atoms. The van der Waals surface area contributed by atoms with Crippen LogP contribution in [0.1, 0.15) is 32.3 Å². The third-order valence-corrected chi connectivity index (χ3v) is 3.78. The Morgan fingerprint density at radius 3 is 2.58 bits per heavy atom. The second-order valence-electron chi connectivity index (χ2n) is 4.72. The van der Waals surface area contributed by atoms with Gasteiger partial charge in [-0.05, 0) is 24.5 Å². The van der Waals surface area contributed by atoms with Crippen LogP contribution in [0.25, 0.3) is 10.9 Å². The van der Waals surface area contributed by atoms with Crippen LogP contribution in [0.5, 0.6) is 0 Å². The fourth-order valence-electron chi connectivity index (χ4n) is 2.60. The van der Waals surface area contributed by atoms with Gasteiger partial charge in [0.25, 0.3) is 0 Å². The number of rotatable bonds is 3. The summed E-state index contributed by atoms with van der Waals surface area (Å²) < 4.78 is 0. The Morgan fingerprint density at radius 1 is 1.37 bits per heavy atom. The highest BCUT2D eigenvalue weighted by atomic mass is 16.4. The molecule has 0 bridgehead atoms. The molecule has 3 rings (SSSR count). The van der Waals surface area contributed by atoms with E-state index in [1.165, 1.54) is 0 Å². The van der Waals surface area contributed by atoms with Crippen LogP contribution in [0.15, 0.2) is 30.5 Å². The molecule has 1 atom stereocenters. The Hall–Kier alpha value is -1.81. The number of hydrogen-bond donors (Lipinski definition) is 3. The number of para-hydroxylation sites is 1. The van der Waals surface area contributed by atoms with Gasteiger partial charge in [-0.2, -0.15) is 0 Å². The van der Waals surface area contributed by atoms with Crippen LogP contribution in [0.3, 0.4) is 0 Å². The maximum absolute atomic E-state index is 11.1. The predicted molar refractivity (Wildman–Crippen MR) is 76.2 cm³/mol. The van der Waals surface area contributed by atoms with E-state index in [0.717, 1.165) is 29.3 Å². The monoisotopic (exact) mass is 260 g/mol. The zero-order valence-corrected chi connectivity index (χ0v) is 11.3. The van der Waals surface area contributed by atoms with Gasteiger partial charge >= 0.3 is 5.97 Å². The number of carbonyl (C=O) groups is 1. The maximum atomic E-state index is 11.1. The lowest BCUT2D eigenvalue weighted by Gasteiger charge is -2.19. The molecule has 1 aliphatic carbocycles. The average molecular weight is 260 g/mol. The van der Waals surface area contributed by atoms with Crippen molar-refractivity contribution in [3.05, 3.63) is 36.0 Å². The van der Waals surface area contributed by atoms with Gasteiger partial charge in [0.15, 0.2) is 0 Å². The zero-order valence-electron chi connectivity index (χ0n) is 11.3. The third kappa shape index (κ3) is 2.12. The van der Waals surface area contributed by atoms with Gasteiger partial charge < -0.3 is 15.8 Å². The Kier molecular flexibility index (Phi) is 3.62. The number of hydrogen-bond acceptors (Lipinski definition) is 2. The molecule has 0 amide bonds. The summed E-state index contributed by atoms with van der Waals surface area (Å²) >= 11 is 0. The van der Waals surface area contributed by atoms with Crippen molar-refractivity contribution in [2.24, 2.45) is 5.73 Å². The first-order valence-electron chi connectivity index (χ1n) is 6.70. The first-order chi connectivity index (χ1) is 9.15. The van der Waals surface area contributed by atoms with E-state index in [2.05, 4.69) is 4.98 Å². The van der Waals surface area contributed by atoms with Gasteiger partial charge in [0.1, 0.15) is 6.04 Å². The molecule has 4 heteroatoms. The fourth-order valence-corrected chi connectivity index (χ4v) is 2.60. The van der Waals surface area contributed by atoms with E-state index in [9.17, 15) is 4.79 Å². The minimum Gasteiger partial charge on any atom is -0.480 e. The van der Waals surface area contributed by atoms with Gasteiger partial charge in [-0.1, -0.05) is 32.0 Å². The fraction of sp³-hybridized carbons (Fsp3) is 0.400. The molecule has 0 saturated heterocycles. The number of fused-ring (bicyclic) bond motifs is 1. The summed E-state index contributed by atoms with van der Waals surface area (Å²) in [6, 6.07) is 7.10. The molecule has 1 unspecified atom stereocenters. The molecule has 1 heterocycles. The minimum atomic E-state index is -0.923. The molecule has 1 aliphatic rings. The van der Waals surface area contributed by atoms with Gasteiger partial charge in [0.05, 0.1) is 0 Å². The normalized spacial score (nSPS) is 17.4. The number of nitrogens with two attached hydrogens (primary N) is 1. The second-order valence-corrected chi connectivity index (χ2v) is 4.72. The highest BCUT2D eigenvalue weighted by Crippen LogP contribution is 2.52. The standard InChI is InChI=1S/C13H14N2O2.C2H6/c14-11(12(16)17)13(5-6-13)9-7-15-10-4-2-1-3-8(9)10;1-2/h1-4,7,11,15H,5-6,14H2,(H,16,17);1-2H3. The Morgan fingerprint density at radius 2 is 2.00 bits per heavy atom. The maximum Gasteiger partial charge on any atom is 0.321 e. The highest BCUT2D eigenvalue weighted by Gasteiger charge is 2.53. The minimum absolute atomic E-state index is 0.370. The number of aromatic nitrogens is 1. The van der Waals surface area contributed by atoms with Gasteiger partial charge in [-0.25, -0.2) is 0 Å². The highest BCUT2D eigenvalue weighted by molar-refractivity contribution is 5.87. The summed E-state index contributed by atoms with van der Waals surface area (Å²) in [7, 11) is 0. The van der Waals surface area contributed by atoms with Gasteiger partial charge in [0, 0.05) is 22.5 Å². The third-order valence-electron chi connectivity index (χ3n) is 3.78. The van der Waals surface area contributed by atoms with Crippen molar-refractivity contribution < 1.29 is 9.90 Å². The molecular formula is C15H20N2O2. The molecule has 19 heavy (non-hydrogen) atoms. The first kappa shape index (κ1) is 13.6. The van der Waals surface area contributed by atoms with E-state index in [-0.39, 0.29) is 5.41 Å². The van der Waals surface area contributed by atoms with E-state index in [4.69, 9.17) is 10.8 Å². The molecule has 4 N–H and O–H groups in total. The van der Waals surface area contributed by atoms with E-state index >= 15 is 0 Å². The lowest BCUT2D eigenvalue weighted by atomic mass is 9.88. The van der Waals surface area contributed by atoms with Crippen LogP contribution in [0, 0.1) is 0 Å². The van der Waals surface area contributed by atoms with Crippen molar-refractivity contribution in [3.8, 4) is 0 Å². The summed E-state index contributed by atoms with van der Waals surface area (Å²) in [4.78, 5) is 14.3. The molecule has 1 saturated carbocycles. The lowest BCUT2D eigenvalue weighted by molar-refractivity contribution is -0.139. The molecule has 1 aromatic heterocycles. The van der Waals surface area contributed by atoms with Crippen LogP contribution >= 0.6 is 0 Å². The van der Waals surface area contributed by atoms with Crippen LogP contribution < -0.4 is 5.73 Å². The van der Waals surface area contributed by atoms with Crippen molar-refractivity contribution in [1.29, 1.82) is 0 Å². The predicted octanol–water partition coefficient (Wildman–Crippen LogP) is 2.64. The molecule has 1 aromatic carbocycles. The molecule has 0 aliphatic heterocycles. The van der Waals surface area contributed by atoms with E-state index in [0.29, 0.717) is 0 Å². The lowest BCUT2D eigenvalue weighted by Crippen LogP contribution is -2.41. The Bertz CT molecular complexity index is 585.